The van der Waals surface area contributed by atoms with Crippen LogP contribution in [0.25, 0.3) is 0 Å². The number of ether oxygens (including phenoxy) is 2. The molecule has 0 N–H and O–H groups in total. The number of ketones is 1. The molecule has 0 spiro atoms. The summed E-state index contributed by atoms with van der Waals surface area (Å²) in [6.45, 7) is 1.94. The number of halogens is 1. The number of Topliss-reactive ketones (excluding diaryl/α,β-unsaturated/α-hetero) is 1. The van der Waals surface area contributed by atoms with Gasteiger partial charge >= 0.3 is 0 Å². The van der Waals surface area contributed by atoms with Crippen LogP contribution < -0.4 is 9.47 Å². The van der Waals surface area contributed by atoms with Crippen molar-refractivity contribution in [1.29, 1.82) is 0 Å². The molecule has 1 aromatic carbocycles. The summed E-state index contributed by atoms with van der Waals surface area (Å²) in [4.78, 5) is 12.4. The Balaban J connectivity index is 2.40. The molecule has 1 aromatic rings. The summed E-state index contributed by atoms with van der Waals surface area (Å²) in [6.07, 6.45) is 9.06. The minimum absolute atomic E-state index is 0.197. The normalized spacial score (nSPS) is 10.6. The Kier molecular flexibility index (Phi) is 10.0. The zero-order valence-corrected chi connectivity index (χ0v) is 16.2. The Bertz CT molecular complexity index is 486. The van der Waals surface area contributed by atoms with Gasteiger partial charge in [-0.3, -0.25) is 4.79 Å². The lowest BCUT2D eigenvalue weighted by molar-refractivity contribution is 0.0978. The Hall–Kier alpha value is -1.03. The molecule has 0 amide bonds. The molecule has 4 heteroatoms. The molecular weight excluding hydrogens is 356 g/mol. The number of methoxy groups -OCH3 is 2. The number of rotatable bonds is 12. The van der Waals surface area contributed by atoms with Gasteiger partial charge in [0.15, 0.2) is 17.3 Å². The van der Waals surface area contributed by atoms with E-state index in [2.05, 4.69) is 15.9 Å². The summed E-state index contributed by atoms with van der Waals surface area (Å²) in [7, 11) is 3.20. The molecule has 0 unspecified atom stereocenters. The van der Waals surface area contributed by atoms with Crippen LogP contribution in [0.5, 0.6) is 11.5 Å². The number of benzene rings is 1. The lowest BCUT2D eigenvalue weighted by Crippen LogP contribution is -2.03. The Morgan fingerprint density at radius 3 is 2.00 bits per heavy atom. The van der Waals surface area contributed by atoms with Gasteiger partial charge in [0.25, 0.3) is 0 Å². The fraction of sp³-hybridized carbons (Fsp3) is 0.632. The van der Waals surface area contributed by atoms with E-state index in [1.54, 1.807) is 20.3 Å². The van der Waals surface area contributed by atoms with Crippen molar-refractivity contribution in [3.05, 3.63) is 23.3 Å². The van der Waals surface area contributed by atoms with Crippen LogP contribution in [-0.4, -0.2) is 25.3 Å². The fourth-order valence-electron chi connectivity index (χ4n) is 2.68. The summed E-state index contributed by atoms with van der Waals surface area (Å²) in [6, 6.07) is 3.67. The molecule has 0 atom stereocenters. The Morgan fingerprint density at radius 1 is 0.913 bits per heavy atom. The first-order valence-electron chi connectivity index (χ1n) is 8.45. The molecule has 0 bridgehead atoms. The van der Waals surface area contributed by atoms with Gasteiger partial charge in [0.1, 0.15) is 0 Å². The summed E-state index contributed by atoms with van der Waals surface area (Å²) in [5.74, 6) is 1.49. The lowest BCUT2D eigenvalue weighted by atomic mass is 9.99. The lowest BCUT2D eigenvalue weighted by Gasteiger charge is -2.12. The number of alkyl halides is 1. The summed E-state index contributed by atoms with van der Waals surface area (Å²) in [5.41, 5.74) is 1.70. The van der Waals surface area contributed by atoms with E-state index >= 15 is 0 Å². The second-order valence-corrected chi connectivity index (χ2v) is 6.65. The first-order valence-corrected chi connectivity index (χ1v) is 9.58. The van der Waals surface area contributed by atoms with Gasteiger partial charge in [0.2, 0.25) is 0 Å². The molecule has 0 aromatic heterocycles. The second-order valence-electron chi connectivity index (χ2n) is 5.86. The SMILES string of the molecule is COc1cc(C)c(C(=O)CCCCCCCCCBr)cc1OC. The maximum absolute atomic E-state index is 12.4. The highest BCUT2D eigenvalue weighted by molar-refractivity contribution is 9.09. The van der Waals surface area contributed by atoms with Crippen molar-refractivity contribution in [3.8, 4) is 11.5 Å². The fourth-order valence-corrected chi connectivity index (χ4v) is 3.08. The van der Waals surface area contributed by atoms with Crippen molar-refractivity contribution in [2.75, 3.05) is 19.5 Å². The van der Waals surface area contributed by atoms with Crippen LogP contribution >= 0.6 is 15.9 Å². The topological polar surface area (TPSA) is 35.5 Å². The smallest absolute Gasteiger partial charge is 0.163 e. The van der Waals surface area contributed by atoms with Crippen LogP contribution in [-0.2, 0) is 0 Å². The van der Waals surface area contributed by atoms with E-state index in [0.29, 0.717) is 17.9 Å². The first-order chi connectivity index (χ1) is 11.1. The van der Waals surface area contributed by atoms with E-state index in [0.717, 1.165) is 29.3 Å². The van der Waals surface area contributed by atoms with Gasteiger partial charge in [0.05, 0.1) is 14.2 Å². The van der Waals surface area contributed by atoms with Crippen LogP contribution in [0.1, 0.15) is 67.3 Å². The van der Waals surface area contributed by atoms with E-state index < -0.39 is 0 Å². The molecule has 0 heterocycles. The predicted octanol–water partition coefficient (Wildman–Crippen LogP) is 5.71. The molecule has 23 heavy (non-hydrogen) atoms. The van der Waals surface area contributed by atoms with E-state index in [9.17, 15) is 4.79 Å². The van der Waals surface area contributed by atoms with Gasteiger partial charge in [-0.05, 0) is 37.5 Å². The van der Waals surface area contributed by atoms with Gasteiger partial charge in [0, 0.05) is 17.3 Å². The molecule has 0 aliphatic rings. The number of hydrogen-bond donors (Lipinski definition) is 0. The van der Waals surface area contributed by atoms with Crippen LogP contribution in [0.4, 0.5) is 0 Å². The minimum Gasteiger partial charge on any atom is -0.493 e. The predicted molar refractivity (Wildman–Crippen MR) is 99.3 cm³/mol. The van der Waals surface area contributed by atoms with Crippen molar-refractivity contribution >= 4 is 21.7 Å². The third-order valence-corrected chi connectivity index (χ3v) is 4.63. The first kappa shape index (κ1) is 20.0. The molecule has 0 saturated heterocycles. The highest BCUT2D eigenvalue weighted by Gasteiger charge is 2.14. The third-order valence-electron chi connectivity index (χ3n) is 4.07. The monoisotopic (exact) mass is 384 g/mol. The van der Waals surface area contributed by atoms with Crippen molar-refractivity contribution in [3.63, 3.8) is 0 Å². The van der Waals surface area contributed by atoms with Gasteiger partial charge < -0.3 is 9.47 Å². The number of hydrogen-bond acceptors (Lipinski definition) is 3. The average molecular weight is 385 g/mol. The number of aryl methyl sites for hydroxylation is 1. The van der Waals surface area contributed by atoms with E-state index in [1.807, 2.05) is 13.0 Å². The largest absolute Gasteiger partial charge is 0.493 e. The minimum atomic E-state index is 0.197. The van der Waals surface area contributed by atoms with Crippen molar-refractivity contribution in [2.45, 2.75) is 58.3 Å². The van der Waals surface area contributed by atoms with E-state index in [1.165, 1.54) is 32.1 Å². The molecule has 0 aliphatic heterocycles. The molecule has 3 nitrogen and oxygen atoms in total. The summed E-state index contributed by atoms with van der Waals surface area (Å²) in [5, 5.41) is 1.10. The van der Waals surface area contributed by atoms with Crippen LogP contribution in [0.2, 0.25) is 0 Å². The van der Waals surface area contributed by atoms with Crippen molar-refractivity contribution in [2.24, 2.45) is 0 Å². The molecular formula is C19H29BrO3. The highest BCUT2D eigenvalue weighted by atomic mass is 79.9. The van der Waals surface area contributed by atoms with Gasteiger partial charge in [-0.25, -0.2) is 0 Å². The Morgan fingerprint density at radius 2 is 1.43 bits per heavy atom. The quantitative estimate of drug-likeness (QED) is 0.263. The van der Waals surface area contributed by atoms with E-state index in [-0.39, 0.29) is 5.78 Å². The van der Waals surface area contributed by atoms with Crippen LogP contribution in [0.3, 0.4) is 0 Å². The maximum atomic E-state index is 12.4. The van der Waals surface area contributed by atoms with Gasteiger partial charge in [-0.1, -0.05) is 48.0 Å². The van der Waals surface area contributed by atoms with Gasteiger partial charge in [-0.2, -0.15) is 0 Å². The standard InChI is InChI=1S/C19H29BrO3/c1-15-13-18(22-2)19(23-3)14-16(15)17(21)11-9-7-5-4-6-8-10-12-20/h13-14H,4-12H2,1-3H3. The maximum Gasteiger partial charge on any atom is 0.163 e. The number of carbonyl (C=O) groups excluding carboxylic acids is 1. The third kappa shape index (κ3) is 6.94. The highest BCUT2D eigenvalue weighted by Crippen LogP contribution is 2.31. The molecule has 0 fully saturated rings. The second kappa shape index (κ2) is 11.5. The molecule has 0 radical (unpaired) electrons. The van der Waals surface area contributed by atoms with Crippen LogP contribution in [0.15, 0.2) is 12.1 Å². The zero-order valence-electron chi connectivity index (χ0n) is 14.6. The zero-order chi connectivity index (χ0) is 17.1. The molecule has 0 saturated carbocycles. The molecule has 1 rings (SSSR count). The molecule has 130 valence electrons. The van der Waals surface area contributed by atoms with Crippen molar-refractivity contribution < 1.29 is 14.3 Å². The van der Waals surface area contributed by atoms with Crippen molar-refractivity contribution in [1.82, 2.24) is 0 Å². The van der Waals surface area contributed by atoms with E-state index in [4.69, 9.17) is 9.47 Å². The average Bonchev–Trinajstić information content (AvgIpc) is 2.56. The van der Waals surface area contributed by atoms with Crippen LogP contribution in [0, 0.1) is 6.92 Å². The van der Waals surface area contributed by atoms with Gasteiger partial charge in [-0.15, -0.1) is 0 Å². The number of unbranched alkanes of at least 4 members (excludes halogenated alkanes) is 6. The Labute approximate surface area is 148 Å². The number of carbonyl (C=O) groups is 1. The summed E-state index contributed by atoms with van der Waals surface area (Å²) >= 11 is 3.45. The summed E-state index contributed by atoms with van der Waals surface area (Å²) < 4.78 is 10.6. The molecule has 0 aliphatic carbocycles.